The van der Waals surface area contributed by atoms with Crippen molar-refractivity contribution in [2.24, 2.45) is 11.8 Å². The maximum atomic E-state index is 11.8. The number of carbonyl (C=O) groups is 1. The molecule has 1 saturated carbocycles. The van der Waals surface area contributed by atoms with E-state index < -0.39 is 0 Å². The van der Waals surface area contributed by atoms with Gasteiger partial charge in [-0.3, -0.25) is 4.79 Å². The van der Waals surface area contributed by atoms with Crippen LogP contribution in [-0.4, -0.2) is 5.97 Å². The Morgan fingerprint density at radius 3 is 2.65 bits per heavy atom. The SMILES string of the molecule is CC1CC1C(=O)Oc1cccc2ccccc12. The van der Waals surface area contributed by atoms with Gasteiger partial charge in [0.15, 0.2) is 0 Å². The fraction of sp³-hybridized carbons (Fsp3) is 0.267. The van der Waals surface area contributed by atoms with E-state index in [1.54, 1.807) is 0 Å². The van der Waals surface area contributed by atoms with E-state index in [1.165, 1.54) is 0 Å². The molecule has 2 atom stereocenters. The maximum absolute atomic E-state index is 11.8. The van der Waals surface area contributed by atoms with Crippen LogP contribution in [0.4, 0.5) is 0 Å². The topological polar surface area (TPSA) is 26.3 Å². The Morgan fingerprint density at radius 2 is 1.88 bits per heavy atom. The molecule has 0 aliphatic heterocycles. The van der Waals surface area contributed by atoms with Gasteiger partial charge in [-0.15, -0.1) is 0 Å². The molecule has 2 aromatic rings. The molecular weight excluding hydrogens is 212 g/mol. The molecule has 17 heavy (non-hydrogen) atoms. The minimum Gasteiger partial charge on any atom is -0.426 e. The summed E-state index contributed by atoms with van der Waals surface area (Å²) in [5, 5.41) is 2.10. The van der Waals surface area contributed by atoms with Gasteiger partial charge in [0.1, 0.15) is 5.75 Å². The highest BCUT2D eigenvalue weighted by molar-refractivity contribution is 5.91. The van der Waals surface area contributed by atoms with E-state index in [-0.39, 0.29) is 11.9 Å². The second kappa shape index (κ2) is 3.88. The van der Waals surface area contributed by atoms with Crippen molar-refractivity contribution in [1.29, 1.82) is 0 Å². The summed E-state index contributed by atoms with van der Waals surface area (Å²) in [6.07, 6.45) is 0.962. The summed E-state index contributed by atoms with van der Waals surface area (Å²) < 4.78 is 5.48. The second-order valence-electron chi connectivity index (χ2n) is 4.72. The number of hydrogen-bond donors (Lipinski definition) is 0. The van der Waals surface area contributed by atoms with Crippen LogP contribution in [0.3, 0.4) is 0 Å². The highest BCUT2D eigenvalue weighted by Crippen LogP contribution is 2.39. The van der Waals surface area contributed by atoms with Crippen LogP contribution in [0.2, 0.25) is 0 Å². The zero-order valence-electron chi connectivity index (χ0n) is 9.72. The summed E-state index contributed by atoms with van der Waals surface area (Å²) in [6.45, 7) is 2.08. The van der Waals surface area contributed by atoms with Gasteiger partial charge in [-0.1, -0.05) is 43.3 Å². The summed E-state index contributed by atoms with van der Waals surface area (Å²) in [7, 11) is 0. The third-order valence-electron chi connectivity index (χ3n) is 3.37. The van der Waals surface area contributed by atoms with Gasteiger partial charge in [0.2, 0.25) is 0 Å². The van der Waals surface area contributed by atoms with Crippen LogP contribution < -0.4 is 4.74 Å². The molecule has 0 radical (unpaired) electrons. The summed E-state index contributed by atoms with van der Waals surface area (Å²) in [6, 6.07) is 13.7. The van der Waals surface area contributed by atoms with Crippen LogP contribution in [0.15, 0.2) is 42.5 Å². The number of rotatable bonds is 2. The van der Waals surface area contributed by atoms with Crippen LogP contribution in [0.1, 0.15) is 13.3 Å². The minimum absolute atomic E-state index is 0.0890. The van der Waals surface area contributed by atoms with Gasteiger partial charge in [0, 0.05) is 5.39 Å². The summed E-state index contributed by atoms with van der Waals surface area (Å²) >= 11 is 0. The van der Waals surface area contributed by atoms with Crippen LogP contribution in [0.5, 0.6) is 5.75 Å². The molecule has 0 spiro atoms. The van der Waals surface area contributed by atoms with E-state index in [2.05, 4.69) is 6.92 Å². The number of carbonyl (C=O) groups excluding carboxylic acids is 1. The van der Waals surface area contributed by atoms with Crippen LogP contribution in [0, 0.1) is 11.8 Å². The first-order valence-corrected chi connectivity index (χ1v) is 5.95. The Labute approximate surface area is 100 Å². The Balaban J connectivity index is 1.92. The molecule has 2 heteroatoms. The molecule has 2 aromatic carbocycles. The van der Waals surface area contributed by atoms with E-state index in [4.69, 9.17) is 4.74 Å². The molecule has 0 bridgehead atoms. The second-order valence-corrected chi connectivity index (χ2v) is 4.72. The molecule has 1 aliphatic rings. The van der Waals surface area contributed by atoms with Crippen molar-refractivity contribution in [3.63, 3.8) is 0 Å². The average Bonchev–Trinajstić information content (AvgIpc) is 3.07. The smallest absolute Gasteiger partial charge is 0.314 e. The number of benzene rings is 2. The van der Waals surface area contributed by atoms with Crippen molar-refractivity contribution in [3.05, 3.63) is 42.5 Å². The molecule has 0 amide bonds. The van der Waals surface area contributed by atoms with Crippen molar-refractivity contribution in [1.82, 2.24) is 0 Å². The van der Waals surface area contributed by atoms with Crippen molar-refractivity contribution >= 4 is 16.7 Å². The van der Waals surface area contributed by atoms with Gasteiger partial charge in [-0.2, -0.15) is 0 Å². The lowest BCUT2D eigenvalue weighted by Crippen LogP contribution is -2.11. The third-order valence-corrected chi connectivity index (χ3v) is 3.37. The number of ether oxygens (including phenoxy) is 1. The average molecular weight is 226 g/mol. The number of hydrogen-bond acceptors (Lipinski definition) is 2. The van der Waals surface area contributed by atoms with Gasteiger partial charge in [0.25, 0.3) is 0 Å². The largest absolute Gasteiger partial charge is 0.426 e. The normalized spacial score (nSPS) is 22.4. The lowest BCUT2D eigenvalue weighted by molar-refractivity contribution is -0.136. The van der Waals surface area contributed by atoms with Crippen molar-refractivity contribution in [2.45, 2.75) is 13.3 Å². The molecular formula is C15H14O2. The molecule has 0 heterocycles. The molecule has 0 aromatic heterocycles. The highest BCUT2D eigenvalue weighted by Gasteiger charge is 2.40. The Hall–Kier alpha value is -1.83. The zero-order valence-corrected chi connectivity index (χ0v) is 9.72. The summed E-state index contributed by atoms with van der Waals surface area (Å²) in [5.41, 5.74) is 0. The van der Waals surface area contributed by atoms with Crippen molar-refractivity contribution < 1.29 is 9.53 Å². The first-order chi connectivity index (χ1) is 8.25. The molecule has 2 unspecified atom stereocenters. The van der Waals surface area contributed by atoms with Gasteiger partial charge >= 0.3 is 5.97 Å². The summed E-state index contributed by atoms with van der Waals surface area (Å²) in [5.74, 6) is 1.17. The number of esters is 1. The lowest BCUT2D eigenvalue weighted by atomic mass is 10.1. The van der Waals surface area contributed by atoms with Crippen molar-refractivity contribution in [3.8, 4) is 5.75 Å². The van der Waals surface area contributed by atoms with Gasteiger partial charge in [-0.05, 0) is 23.8 Å². The predicted octanol–water partition coefficient (Wildman–Crippen LogP) is 3.40. The molecule has 0 N–H and O–H groups in total. The molecule has 86 valence electrons. The minimum atomic E-state index is -0.0890. The zero-order chi connectivity index (χ0) is 11.8. The van der Waals surface area contributed by atoms with Gasteiger partial charge < -0.3 is 4.74 Å². The van der Waals surface area contributed by atoms with Crippen LogP contribution in [-0.2, 0) is 4.79 Å². The van der Waals surface area contributed by atoms with E-state index in [1.807, 2.05) is 42.5 Å². The van der Waals surface area contributed by atoms with Crippen LogP contribution in [0.25, 0.3) is 10.8 Å². The van der Waals surface area contributed by atoms with Crippen LogP contribution >= 0.6 is 0 Å². The Kier molecular flexibility index (Phi) is 2.36. The monoisotopic (exact) mass is 226 g/mol. The van der Waals surface area contributed by atoms with E-state index >= 15 is 0 Å². The van der Waals surface area contributed by atoms with Gasteiger partial charge in [-0.25, -0.2) is 0 Å². The van der Waals surface area contributed by atoms with E-state index in [0.29, 0.717) is 11.7 Å². The third kappa shape index (κ3) is 1.91. The maximum Gasteiger partial charge on any atom is 0.314 e. The van der Waals surface area contributed by atoms with E-state index in [0.717, 1.165) is 17.2 Å². The predicted molar refractivity (Wildman–Crippen MR) is 66.9 cm³/mol. The molecule has 0 saturated heterocycles. The molecule has 1 fully saturated rings. The quantitative estimate of drug-likeness (QED) is 0.579. The fourth-order valence-electron chi connectivity index (χ4n) is 2.12. The fourth-order valence-corrected chi connectivity index (χ4v) is 2.12. The molecule has 3 rings (SSSR count). The standard InChI is InChI=1S/C15H14O2/c1-10-9-13(10)15(16)17-14-8-4-6-11-5-2-3-7-12(11)14/h2-8,10,13H,9H2,1H3. The Morgan fingerprint density at radius 1 is 1.18 bits per heavy atom. The summed E-state index contributed by atoms with van der Waals surface area (Å²) in [4.78, 5) is 11.8. The van der Waals surface area contributed by atoms with E-state index in [9.17, 15) is 4.79 Å². The number of fused-ring (bicyclic) bond motifs is 1. The molecule has 2 nitrogen and oxygen atoms in total. The lowest BCUT2D eigenvalue weighted by Gasteiger charge is -2.07. The first-order valence-electron chi connectivity index (χ1n) is 5.95. The van der Waals surface area contributed by atoms with Gasteiger partial charge in [0.05, 0.1) is 5.92 Å². The Bertz CT molecular complexity index is 569. The van der Waals surface area contributed by atoms with Crippen molar-refractivity contribution in [2.75, 3.05) is 0 Å². The highest BCUT2D eigenvalue weighted by atomic mass is 16.5. The first kappa shape index (κ1) is 10.3. The molecule has 1 aliphatic carbocycles.